The summed E-state index contributed by atoms with van der Waals surface area (Å²) in [7, 11) is 0. The number of carbonyl (C=O) groups is 1. The smallest absolute Gasteiger partial charge is 0.219 e. The maximum Gasteiger partial charge on any atom is 0.219 e. The van der Waals surface area contributed by atoms with Crippen molar-refractivity contribution in [1.82, 2.24) is 10.2 Å². The van der Waals surface area contributed by atoms with Crippen molar-refractivity contribution in [3.63, 3.8) is 0 Å². The Kier molecular flexibility index (Phi) is 7.96. The van der Waals surface area contributed by atoms with E-state index in [0.29, 0.717) is 13.0 Å². The fourth-order valence-electron chi connectivity index (χ4n) is 1.87. The Hall–Kier alpha value is -0.650. The molecule has 1 saturated heterocycles. The van der Waals surface area contributed by atoms with Crippen LogP contribution in [0, 0.1) is 0 Å². The summed E-state index contributed by atoms with van der Waals surface area (Å²) in [6, 6.07) is 0. The van der Waals surface area contributed by atoms with Gasteiger partial charge in [-0.05, 0) is 32.4 Å². The van der Waals surface area contributed by atoms with Gasteiger partial charge in [0.25, 0.3) is 0 Å². The highest BCUT2D eigenvalue weighted by Crippen LogP contribution is 1.97. The summed E-state index contributed by atoms with van der Waals surface area (Å²) in [6.07, 6.45) is 3.45. The molecule has 0 bridgehead atoms. The summed E-state index contributed by atoms with van der Waals surface area (Å²) in [5.41, 5.74) is 5.37. The first kappa shape index (κ1) is 14.4. The molecule has 0 aromatic rings. The van der Waals surface area contributed by atoms with Gasteiger partial charge in [-0.2, -0.15) is 0 Å². The number of nitrogens with one attached hydrogen (secondary N) is 1. The molecule has 5 heteroatoms. The van der Waals surface area contributed by atoms with E-state index < -0.39 is 0 Å². The molecule has 5 nitrogen and oxygen atoms in total. The standard InChI is InChI=1S/C12H25N3O2/c13-5-2-1-4-12(16)14-6-3-7-15-8-10-17-11-9-15/h1-11,13H2,(H,14,16). The highest BCUT2D eigenvalue weighted by molar-refractivity contribution is 5.75. The summed E-state index contributed by atoms with van der Waals surface area (Å²) in [4.78, 5) is 13.8. The van der Waals surface area contributed by atoms with Gasteiger partial charge < -0.3 is 15.8 Å². The Morgan fingerprint density at radius 2 is 2.00 bits per heavy atom. The highest BCUT2D eigenvalue weighted by atomic mass is 16.5. The van der Waals surface area contributed by atoms with Crippen LogP contribution in [0.15, 0.2) is 0 Å². The number of hydrogen-bond donors (Lipinski definition) is 2. The topological polar surface area (TPSA) is 67.6 Å². The molecule has 1 rings (SSSR count). The number of rotatable bonds is 8. The van der Waals surface area contributed by atoms with Crippen molar-refractivity contribution < 1.29 is 9.53 Å². The highest BCUT2D eigenvalue weighted by Gasteiger charge is 2.09. The fourth-order valence-corrected chi connectivity index (χ4v) is 1.87. The van der Waals surface area contributed by atoms with Crippen LogP contribution in [0.5, 0.6) is 0 Å². The van der Waals surface area contributed by atoms with Gasteiger partial charge in [0.15, 0.2) is 0 Å². The minimum atomic E-state index is 0.153. The quantitative estimate of drug-likeness (QED) is 0.587. The predicted octanol–water partition coefficient (Wildman–Crippen LogP) is -0.0461. The molecular formula is C12H25N3O2. The number of unbranched alkanes of at least 4 members (excludes halogenated alkanes) is 1. The van der Waals surface area contributed by atoms with Crippen molar-refractivity contribution in [2.24, 2.45) is 5.73 Å². The molecule has 0 atom stereocenters. The average Bonchev–Trinajstić information content (AvgIpc) is 2.36. The molecule has 1 heterocycles. The van der Waals surface area contributed by atoms with Crippen LogP contribution in [-0.4, -0.2) is 56.7 Å². The van der Waals surface area contributed by atoms with E-state index in [2.05, 4.69) is 10.2 Å². The van der Waals surface area contributed by atoms with E-state index in [4.69, 9.17) is 10.5 Å². The van der Waals surface area contributed by atoms with Crippen LogP contribution in [0.25, 0.3) is 0 Å². The van der Waals surface area contributed by atoms with Gasteiger partial charge in [-0.15, -0.1) is 0 Å². The lowest BCUT2D eigenvalue weighted by Gasteiger charge is -2.26. The Morgan fingerprint density at radius 3 is 2.71 bits per heavy atom. The van der Waals surface area contributed by atoms with Crippen LogP contribution in [0.4, 0.5) is 0 Å². The van der Waals surface area contributed by atoms with Crippen molar-refractivity contribution >= 4 is 5.91 Å². The molecule has 0 radical (unpaired) electrons. The minimum absolute atomic E-state index is 0.153. The molecule has 0 spiro atoms. The molecule has 100 valence electrons. The normalized spacial score (nSPS) is 17.0. The van der Waals surface area contributed by atoms with Gasteiger partial charge in [0.05, 0.1) is 13.2 Å². The maximum atomic E-state index is 11.4. The summed E-state index contributed by atoms with van der Waals surface area (Å²) >= 11 is 0. The van der Waals surface area contributed by atoms with Gasteiger partial charge in [-0.3, -0.25) is 9.69 Å². The van der Waals surface area contributed by atoms with E-state index in [1.807, 2.05) is 0 Å². The average molecular weight is 243 g/mol. The van der Waals surface area contributed by atoms with Gasteiger partial charge in [-0.1, -0.05) is 0 Å². The summed E-state index contributed by atoms with van der Waals surface area (Å²) in [5, 5.41) is 2.94. The second-order valence-electron chi connectivity index (χ2n) is 4.40. The van der Waals surface area contributed by atoms with E-state index in [-0.39, 0.29) is 5.91 Å². The van der Waals surface area contributed by atoms with Gasteiger partial charge in [0, 0.05) is 26.1 Å². The molecule has 1 aliphatic rings. The molecule has 1 fully saturated rings. The second-order valence-corrected chi connectivity index (χ2v) is 4.40. The summed E-state index contributed by atoms with van der Waals surface area (Å²) in [5.74, 6) is 0.153. The first-order valence-electron chi connectivity index (χ1n) is 6.60. The Labute approximate surface area is 104 Å². The van der Waals surface area contributed by atoms with Crippen LogP contribution in [0.2, 0.25) is 0 Å². The number of ether oxygens (including phenoxy) is 1. The number of nitrogens with zero attached hydrogens (tertiary/aromatic N) is 1. The van der Waals surface area contributed by atoms with E-state index >= 15 is 0 Å². The van der Waals surface area contributed by atoms with Crippen LogP contribution >= 0.6 is 0 Å². The van der Waals surface area contributed by atoms with Gasteiger partial charge in [-0.25, -0.2) is 0 Å². The number of nitrogens with two attached hydrogens (primary N) is 1. The van der Waals surface area contributed by atoms with Crippen LogP contribution in [0.3, 0.4) is 0 Å². The zero-order chi connectivity index (χ0) is 12.3. The minimum Gasteiger partial charge on any atom is -0.379 e. The summed E-state index contributed by atoms with van der Waals surface area (Å²) in [6.45, 7) is 6.21. The Morgan fingerprint density at radius 1 is 1.24 bits per heavy atom. The number of carbonyl (C=O) groups excluding carboxylic acids is 1. The molecular weight excluding hydrogens is 218 g/mol. The number of morpholine rings is 1. The molecule has 1 amide bonds. The number of amides is 1. The summed E-state index contributed by atoms with van der Waals surface area (Å²) < 4.78 is 5.28. The van der Waals surface area contributed by atoms with Gasteiger partial charge >= 0.3 is 0 Å². The van der Waals surface area contributed by atoms with Crippen molar-refractivity contribution in [3.8, 4) is 0 Å². The van der Waals surface area contributed by atoms with Crippen LogP contribution in [-0.2, 0) is 9.53 Å². The van der Waals surface area contributed by atoms with Crippen molar-refractivity contribution in [3.05, 3.63) is 0 Å². The van der Waals surface area contributed by atoms with E-state index in [1.165, 1.54) is 0 Å². The fraction of sp³-hybridized carbons (Fsp3) is 0.917. The zero-order valence-corrected chi connectivity index (χ0v) is 10.6. The van der Waals surface area contributed by atoms with Crippen molar-refractivity contribution in [2.45, 2.75) is 25.7 Å². The Balaban J connectivity index is 1.90. The second kappa shape index (κ2) is 9.39. The molecule has 0 aliphatic carbocycles. The SMILES string of the molecule is NCCCCC(=O)NCCCN1CCOCC1. The molecule has 0 unspecified atom stereocenters. The number of hydrogen-bond acceptors (Lipinski definition) is 4. The lowest BCUT2D eigenvalue weighted by Crippen LogP contribution is -2.38. The van der Waals surface area contributed by atoms with Crippen molar-refractivity contribution in [2.75, 3.05) is 45.9 Å². The molecule has 17 heavy (non-hydrogen) atoms. The predicted molar refractivity (Wildman–Crippen MR) is 67.8 cm³/mol. The first-order valence-corrected chi connectivity index (χ1v) is 6.60. The monoisotopic (exact) mass is 243 g/mol. The van der Waals surface area contributed by atoms with E-state index in [1.54, 1.807) is 0 Å². The van der Waals surface area contributed by atoms with Crippen molar-refractivity contribution in [1.29, 1.82) is 0 Å². The van der Waals surface area contributed by atoms with Gasteiger partial charge in [0.1, 0.15) is 0 Å². The zero-order valence-electron chi connectivity index (χ0n) is 10.6. The first-order chi connectivity index (χ1) is 8.33. The molecule has 0 saturated carbocycles. The van der Waals surface area contributed by atoms with Crippen LogP contribution in [0.1, 0.15) is 25.7 Å². The van der Waals surface area contributed by atoms with E-state index in [0.717, 1.165) is 58.7 Å². The third kappa shape index (κ3) is 7.31. The maximum absolute atomic E-state index is 11.4. The third-order valence-electron chi connectivity index (χ3n) is 2.93. The molecule has 3 N–H and O–H groups in total. The molecule has 0 aromatic carbocycles. The Bertz CT molecular complexity index is 206. The third-order valence-corrected chi connectivity index (χ3v) is 2.93. The van der Waals surface area contributed by atoms with Crippen LogP contribution < -0.4 is 11.1 Å². The molecule has 0 aromatic heterocycles. The van der Waals surface area contributed by atoms with E-state index in [9.17, 15) is 4.79 Å². The van der Waals surface area contributed by atoms with Gasteiger partial charge in [0.2, 0.25) is 5.91 Å². The lowest BCUT2D eigenvalue weighted by atomic mass is 10.2. The lowest BCUT2D eigenvalue weighted by molar-refractivity contribution is -0.121. The molecule has 1 aliphatic heterocycles. The largest absolute Gasteiger partial charge is 0.379 e.